The third-order valence-electron chi connectivity index (χ3n) is 5.88. The molecule has 0 spiro atoms. The summed E-state index contributed by atoms with van der Waals surface area (Å²) in [6, 6.07) is 8.37. The number of amides is 1. The lowest BCUT2D eigenvalue weighted by Crippen LogP contribution is -2.50. The minimum Gasteiger partial charge on any atom is -0.349 e. The summed E-state index contributed by atoms with van der Waals surface area (Å²) < 4.78 is 0. The summed E-state index contributed by atoms with van der Waals surface area (Å²) in [6.45, 7) is 4.38. The van der Waals surface area contributed by atoms with Gasteiger partial charge in [-0.1, -0.05) is 37.6 Å². The number of carbonyl (C=O) groups is 1. The average Bonchev–Trinajstić information content (AvgIpc) is 2.91. The maximum atomic E-state index is 12.9. The van der Waals surface area contributed by atoms with Crippen LogP contribution in [0.15, 0.2) is 24.3 Å². The van der Waals surface area contributed by atoms with Gasteiger partial charge >= 0.3 is 0 Å². The second-order valence-electron chi connectivity index (χ2n) is 7.46. The van der Waals surface area contributed by atoms with Gasteiger partial charge in [-0.2, -0.15) is 5.10 Å². The van der Waals surface area contributed by atoms with Crippen LogP contribution in [0.4, 0.5) is 0 Å². The van der Waals surface area contributed by atoms with E-state index in [4.69, 9.17) is 0 Å². The minimum absolute atomic E-state index is 0.0903. The predicted octanol–water partition coefficient (Wildman–Crippen LogP) is 2.74. The SMILES string of the molecule is CCN1Cc2ccccc2C[C@@H]1C(=O)NCc1n[nH]c2c1CCCCC2. The van der Waals surface area contributed by atoms with E-state index in [-0.39, 0.29) is 11.9 Å². The van der Waals surface area contributed by atoms with Crippen molar-refractivity contribution in [1.82, 2.24) is 20.4 Å². The summed E-state index contributed by atoms with van der Waals surface area (Å²) in [4.78, 5) is 15.2. The van der Waals surface area contributed by atoms with Gasteiger partial charge in [0.05, 0.1) is 18.3 Å². The van der Waals surface area contributed by atoms with E-state index in [1.807, 2.05) is 0 Å². The number of rotatable bonds is 4. The molecule has 1 aliphatic carbocycles. The van der Waals surface area contributed by atoms with Crippen LogP contribution in [-0.2, 0) is 37.1 Å². The van der Waals surface area contributed by atoms with Gasteiger partial charge in [0.1, 0.15) is 0 Å². The molecule has 1 atom stereocenters. The van der Waals surface area contributed by atoms with Crippen LogP contribution in [0, 0.1) is 0 Å². The number of fused-ring (bicyclic) bond motifs is 2. The highest BCUT2D eigenvalue weighted by Crippen LogP contribution is 2.24. The third-order valence-corrected chi connectivity index (χ3v) is 5.88. The van der Waals surface area contributed by atoms with E-state index in [1.54, 1.807) is 0 Å². The molecule has 5 heteroatoms. The number of nitrogens with zero attached hydrogens (tertiary/aromatic N) is 2. The van der Waals surface area contributed by atoms with Crippen molar-refractivity contribution < 1.29 is 4.79 Å². The van der Waals surface area contributed by atoms with Crippen LogP contribution in [0.2, 0.25) is 0 Å². The number of aryl methyl sites for hydroxylation is 1. The Bertz CT molecular complexity index is 782. The fourth-order valence-corrected chi connectivity index (χ4v) is 4.33. The smallest absolute Gasteiger partial charge is 0.238 e. The number of H-pyrrole nitrogens is 1. The van der Waals surface area contributed by atoms with Crippen molar-refractivity contribution in [3.8, 4) is 0 Å². The summed E-state index contributed by atoms with van der Waals surface area (Å²) in [5, 5.41) is 10.8. The minimum atomic E-state index is -0.0903. The molecule has 2 N–H and O–H groups in total. The number of aromatic nitrogens is 2. The molecule has 1 amide bonds. The van der Waals surface area contributed by atoms with Gasteiger partial charge in [0, 0.05) is 12.2 Å². The van der Waals surface area contributed by atoms with Gasteiger partial charge in [-0.3, -0.25) is 14.8 Å². The zero-order valence-corrected chi connectivity index (χ0v) is 15.6. The van der Waals surface area contributed by atoms with Crippen molar-refractivity contribution in [2.75, 3.05) is 6.54 Å². The molecule has 4 rings (SSSR count). The van der Waals surface area contributed by atoms with Crippen LogP contribution in [0.5, 0.6) is 0 Å². The van der Waals surface area contributed by atoms with Crippen LogP contribution >= 0.6 is 0 Å². The van der Waals surface area contributed by atoms with Gasteiger partial charge in [0.2, 0.25) is 5.91 Å². The highest BCUT2D eigenvalue weighted by molar-refractivity contribution is 5.82. The highest BCUT2D eigenvalue weighted by atomic mass is 16.2. The predicted molar refractivity (Wildman–Crippen MR) is 102 cm³/mol. The number of nitrogens with one attached hydrogen (secondary N) is 2. The molecule has 1 aromatic heterocycles. The fraction of sp³-hybridized carbons (Fsp3) is 0.524. The van der Waals surface area contributed by atoms with Crippen molar-refractivity contribution >= 4 is 5.91 Å². The number of likely N-dealkylation sites (N-methyl/N-ethyl adjacent to an activating group) is 1. The van der Waals surface area contributed by atoms with Crippen molar-refractivity contribution in [2.45, 2.75) is 64.6 Å². The van der Waals surface area contributed by atoms with Crippen molar-refractivity contribution in [3.05, 3.63) is 52.3 Å². The Morgan fingerprint density at radius 3 is 2.88 bits per heavy atom. The van der Waals surface area contributed by atoms with E-state index >= 15 is 0 Å². The average molecular weight is 352 g/mol. The number of hydrogen-bond acceptors (Lipinski definition) is 3. The molecule has 1 aliphatic heterocycles. The molecule has 0 saturated heterocycles. The van der Waals surface area contributed by atoms with Crippen molar-refractivity contribution in [2.24, 2.45) is 0 Å². The van der Waals surface area contributed by atoms with Crippen molar-refractivity contribution in [1.29, 1.82) is 0 Å². The maximum Gasteiger partial charge on any atom is 0.238 e. The molecule has 2 aromatic rings. The second kappa shape index (κ2) is 7.62. The molecular weight excluding hydrogens is 324 g/mol. The molecule has 138 valence electrons. The fourth-order valence-electron chi connectivity index (χ4n) is 4.33. The molecule has 0 saturated carbocycles. The molecule has 5 nitrogen and oxygen atoms in total. The Balaban J connectivity index is 1.44. The topological polar surface area (TPSA) is 61.0 Å². The van der Waals surface area contributed by atoms with Gasteiger partial charge in [-0.15, -0.1) is 0 Å². The lowest BCUT2D eigenvalue weighted by molar-refractivity contribution is -0.127. The molecule has 0 fully saturated rings. The number of aromatic amines is 1. The first-order chi connectivity index (χ1) is 12.8. The van der Waals surface area contributed by atoms with Crippen LogP contribution < -0.4 is 5.32 Å². The van der Waals surface area contributed by atoms with E-state index in [0.29, 0.717) is 6.54 Å². The molecule has 0 radical (unpaired) electrons. The lowest BCUT2D eigenvalue weighted by Gasteiger charge is -2.35. The van der Waals surface area contributed by atoms with E-state index in [0.717, 1.165) is 38.0 Å². The lowest BCUT2D eigenvalue weighted by atomic mass is 9.93. The second-order valence-corrected chi connectivity index (χ2v) is 7.46. The molecule has 0 unspecified atom stereocenters. The van der Waals surface area contributed by atoms with Gasteiger partial charge in [-0.25, -0.2) is 0 Å². The van der Waals surface area contributed by atoms with E-state index in [9.17, 15) is 4.79 Å². The first-order valence-corrected chi connectivity index (χ1v) is 9.89. The summed E-state index contributed by atoms with van der Waals surface area (Å²) in [7, 11) is 0. The zero-order chi connectivity index (χ0) is 17.9. The van der Waals surface area contributed by atoms with Gasteiger partial charge in [-0.05, 0) is 55.3 Å². The highest BCUT2D eigenvalue weighted by Gasteiger charge is 2.30. The van der Waals surface area contributed by atoms with E-state index in [1.165, 1.54) is 41.6 Å². The zero-order valence-electron chi connectivity index (χ0n) is 15.6. The standard InChI is InChI=1S/C21H28N4O/c1-2-25-14-16-9-7-6-8-15(16)12-20(25)21(26)22-13-19-17-10-4-3-5-11-18(17)23-24-19/h6-9,20H,2-5,10-14H2,1H3,(H,22,26)(H,23,24)/t20-/m1/s1. The monoisotopic (exact) mass is 352 g/mol. The van der Waals surface area contributed by atoms with Crippen LogP contribution in [0.25, 0.3) is 0 Å². The van der Waals surface area contributed by atoms with Crippen molar-refractivity contribution in [3.63, 3.8) is 0 Å². The number of hydrogen-bond donors (Lipinski definition) is 2. The number of benzene rings is 1. The summed E-state index contributed by atoms with van der Waals surface area (Å²) >= 11 is 0. The molecule has 2 aliphatic rings. The quantitative estimate of drug-likeness (QED) is 0.832. The summed E-state index contributed by atoms with van der Waals surface area (Å²) in [5.74, 6) is 0.117. The summed E-state index contributed by atoms with van der Waals surface area (Å²) in [5.41, 5.74) is 6.27. The Labute approximate surface area is 155 Å². The van der Waals surface area contributed by atoms with Crippen LogP contribution in [0.3, 0.4) is 0 Å². The first-order valence-electron chi connectivity index (χ1n) is 9.89. The normalized spacial score (nSPS) is 20.1. The van der Waals surface area contributed by atoms with Crippen LogP contribution in [-0.4, -0.2) is 33.6 Å². The maximum absolute atomic E-state index is 12.9. The first kappa shape index (κ1) is 17.3. The largest absolute Gasteiger partial charge is 0.349 e. The molecule has 1 aromatic carbocycles. The molecule has 2 heterocycles. The Kier molecular flexibility index (Phi) is 5.07. The van der Waals surface area contributed by atoms with Gasteiger partial charge in [0.25, 0.3) is 0 Å². The Morgan fingerprint density at radius 1 is 1.23 bits per heavy atom. The van der Waals surface area contributed by atoms with E-state index in [2.05, 4.69) is 51.6 Å². The molecule has 26 heavy (non-hydrogen) atoms. The van der Waals surface area contributed by atoms with Gasteiger partial charge < -0.3 is 5.32 Å². The van der Waals surface area contributed by atoms with E-state index < -0.39 is 0 Å². The summed E-state index contributed by atoms with van der Waals surface area (Å²) in [6.07, 6.45) is 6.68. The Morgan fingerprint density at radius 2 is 2.04 bits per heavy atom. The molecule has 0 bridgehead atoms. The number of carbonyl (C=O) groups excluding carboxylic acids is 1. The Hall–Kier alpha value is -2.14. The van der Waals surface area contributed by atoms with Crippen LogP contribution in [0.1, 0.15) is 54.3 Å². The molecular formula is C21H28N4O. The van der Waals surface area contributed by atoms with Gasteiger partial charge in [0.15, 0.2) is 0 Å². The third kappa shape index (κ3) is 3.40.